The summed E-state index contributed by atoms with van der Waals surface area (Å²) in [6.07, 6.45) is 1.95. The summed E-state index contributed by atoms with van der Waals surface area (Å²) in [4.78, 5) is 24.1. The fourth-order valence-electron chi connectivity index (χ4n) is 3.45. The molecular weight excluding hydrogens is 326 g/mol. The lowest BCUT2D eigenvalue weighted by molar-refractivity contribution is 0.334. The summed E-state index contributed by atoms with van der Waals surface area (Å²) < 4.78 is 7.55. The minimum atomic E-state index is -0.530. The molecule has 0 amide bonds. The van der Waals surface area contributed by atoms with Crippen molar-refractivity contribution in [3.8, 4) is 16.9 Å². The smallest absolute Gasteiger partial charge is 0.268 e. The molecule has 0 atom stereocenters. The minimum absolute atomic E-state index is 0.191. The van der Waals surface area contributed by atoms with Crippen molar-refractivity contribution in [1.82, 2.24) is 4.57 Å². The molecule has 0 aliphatic carbocycles. The number of ether oxygens (including phenoxy) is 1. The molecule has 1 aromatic heterocycles. The van der Waals surface area contributed by atoms with Crippen LogP contribution in [0.3, 0.4) is 0 Å². The second-order valence-electron chi connectivity index (χ2n) is 6.41. The maximum Gasteiger partial charge on any atom is 0.268 e. The lowest BCUT2D eigenvalue weighted by atomic mass is 9.99. The Morgan fingerprint density at radius 2 is 1.69 bits per heavy atom. The van der Waals surface area contributed by atoms with Crippen molar-refractivity contribution in [1.29, 1.82) is 0 Å². The number of benzene rings is 2. The van der Waals surface area contributed by atoms with Crippen LogP contribution in [0.15, 0.2) is 64.3 Å². The number of aromatic nitrogens is 1. The van der Waals surface area contributed by atoms with Crippen LogP contribution in [0.25, 0.3) is 22.0 Å². The molecule has 0 aliphatic heterocycles. The highest BCUT2D eigenvalue weighted by Crippen LogP contribution is 2.34. The van der Waals surface area contributed by atoms with Crippen LogP contribution < -0.4 is 15.6 Å². The summed E-state index contributed by atoms with van der Waals surface area (Å²) in [6, 6.07) is 16.2. The summed E-state index contributed by atoms with van der Waals surface area (Å²) >= 11 is 0. The summed E-state index contributed by atoms with van der Waals surface area (Å²) in [6.45, 7) is 4.96. The molecule has 130 valence electrons. The fourth-order valence-corrected chi connectivity index (χ4v) is 3.45. The number of fused-ring (bicyclic) bond motifs is 1. The molecule has 0 bridgehead atoms. The molecule has 4 nitrogen and oxygen atoms in total. The van der Waals surface area contributed by atoms with Crippen molar-refractivity contribution >= 4 is 10.9 Å². The van der Waals surface area contributed by atoms with Crippen molar-refractivity contribution in [3.05, 3.63) is 86.3 Å². The third-order valence-electron chi connectivity index (χ3n) is 4.82. The zero-order chi connectivity index (χ0) is 18.3. The predicted molar refractivity (Wildman–Crippen MR) is 104 cm³/mol. The lowest BCUT2D eigenvalue weighted by Gasteiger charge is -2.10. The Hall–Kier alpha value is -3.14. The molecule has 0 saturated heterocycles. The summed E-state index contributed by atoms with van der Waals surface area (Å²) in [5, 5.41) is 0.953. The van der Waals surface area contributed by atoms with Crippen LogP contribution in [0, 0.1) is 6.92 Å². The number of para-hydroxylation sites is 1. The average molecular weight is 345 g/mol. The predicted octanol–water partition coefficient (Wildman–Crippen LogP) is 3.66. The van der Waals surface area contributed by atoms with E-state index in [2.05, 4.69) is 23.6 Å². The molecule has 0 radical (unpaired) electrons. The van der Waals surface area contributed by atoms with Gasteiger partial charge in [0.1, 0.15) is 0 Å². The number of hydrogen-bond acceptors (Lipinski definition) is 3. The Labute approximate surface area is 151 Å². The van der Waals surface area contributed by atoms with Gasteiger partial charge < -0.3 is 9.30 Å². The van der Waals surface area contributed by atoms with Gasteiger partial charge in [-0.1, -0.05) is 42.5 Å². The highest BCUT2D eigenvalue weighted by molar-refractivity contribution is 5.98. The van der Waals surface area contributed by atoms with Crippen LogP contribution in [0.2, 0.25) is 0 Å². The zero-order valence-electron chi connectivity index (χ0n) is 14.8. The van der Waals surface area contributed by atoms with Crippen molar-refractivity contribution in [2.75, 3.05) is 6.61 Å². The second-order valence-corrected chi connectivity index (χ2v) is 6.41. The first-order valence-corrected chi connectivity index (χ1v) is 8.70. The van der Waals surface area contributed by atoms with Gasteiger partial charge in [-0.25, -0.2) is 0 Å². The number of rotatable bonds is 5. The highest BCUT2D eigenvalue weighted by atomic mass is 16.5. The van der Waals surface area contributed by atoms with E-state index in [1.165, 1.54) is 11.1 Å². The molecule has 0 unspecified atom stereocenters. The summed E-state index contributed by atoms with van der Waals surface area (Å²) in [5.41, 5.74) is 3.63. The van der Waals surface area contributed by atoms with Crippen LogP contribution in [-0.2, 0) is 6.54 Å². The first-order chi connectivity index (χ1) is 12.6. The molecule has 0 fully saturated rings. The molecule has 0 aliphatic rings. The van der Waals surface area contributed by atoms with Crippen LogP contribution in [0.1, 0.15) is 18.1 Å². The Morgan fingerprint density at radius 3 is 2.46 bits per heavy atom. The van der Waals surface area contributed by atoms with Gasteiger partial charge in [0.05, 0.1) is 12.2 Å². The van der Waals surface area contributed by atoms with Gasteiger partial charge in [0, 0.05) is 29.2 Å². The fraction of sp³-hybridized carbons (Fsp3) is 0.182. The zero-order valence-corrected chi connectivity index (χ0v) is 14.8. The van der Waals surface area contributed by atoms with E-state index in [-0.39, 0.29) is 5.75 Å². The molecule has 26 heavy (non-hydrogen) atoms. The Morgan fingerprint density at radius 1 is 0.962 bits per heavy atom. The molecular formula is C22H19NO3. The van der Waals surface area contributed by atoms with Crippen LogP contribution >= 0.6 is 0 Å². The maximum absolute atomic E-state index is 12.2. The topological polar surface area (TPSA) is 48.3 Å². The number of hydrogen-bond donors (Lipinski definition) is 0. The molecule has 4 aromatic rings. The van der Waals surface area contributed by atoms with E-state index >= 15 is 0 Å². The van der Waals surface area contributed by atoms with E-state index in [9.17, 15) is 9.59 Å². The van der Waals surface area contributed by atoms with Gasteiger partial charge in [0.15, 0.2) is 5.75 Å². The van der Waals surface area contributed by atoms with Crippen molar-refractivity contribution < 1.29 is 4.74 Å². The first kappa shape index (κ1) is 16.3. The average Bonchev–Trinajstić information content (AvgIpc) is 3.01. The molecule has 3 aromatic carbocycles. The summed E-state index contributed by atoms with van der Waals surface area (Å²) in [5.74, 6) is 0.191. The van der Waals surface area contributed by atoms with Gasteiger partial charge in [0.2, 0.25) is 5.43 Å². The van der Waals surface area contributed by atoms with Gasteiger partial charge in [-0.2, -0.15) is 0 Å². The summed E-state index contributed by atoms with van der Waals surface area (Å²) in [7, 11) is 0. The largest absolute Gasteiger partial charge is 0.489 e. The molecule has 0 spiro atoms. The van der Waals surface area contributed by atoms with E-state index in [1.54, 1.807) is 0 Å². The van der Waals surface area contributed by atoms with Crippen LogP contribution in [0.4, 0.5) is 0 Å². The van der Waals surface area contributed by atoms with Gasteiger partial charge >= 0.3 is 0 Å². The number of nitrogens with zero attached hydrogens (tertiary/aromatic N) is 1. The van der Waals surface area contributed by atoms with Crippen molar-refractivity contribution in [2.45, 2.75) is 20.4 Å². The Bertz CT molecular complexity index is 1180. The molecule has 0 N–H and O–H groups in total. The van der Waals surface area contributed by atoms with Gasteiger partial charge in [-0.15, -0.1) is 0 Å². The monoisotopic (exact) mass is 345 g/mol. The van der Waals surface area contributed by atoms with Crippen LogP contribution in [-0.4, -0.2) is 11.2 Å². The van der Waals surface area contributed by atoms with Crippen LogP contribution in [0.5, 0.6) is 5.75 Å². The van der Waals surface area contributed by atoms with E-state index in [0.29, 0.717) is 18.7 Å². The van der Waals surface area contributed by atoms with Gasteiger partial charge in [0.25, 0.3) is 5.43 Å². The minimum Gasteiger partial charge on any atom is -0.489 e. The third kappa shape index (κ3) is 2.46. The van der Waals surface area contributed by atoms with Crippen molar-refractivity contribution in [2.24, 2.45) is 0 Å². The molecule has 4 rings (SSSR count). The van der Waals surface area contributed by atoms with E-state index in [1.807, 2.05) is 49.5 Å². The first-order valence-electron chi connectivity index (χ1n) is 8.70. The third-order valence-corrected chi connectivity index (χ3v) is 4.82. The SMILES string of the molecule is CCOc1c(-c2cn(Cc3ccccc3C)c3ccccc23)c(=O)c1=O. The number of aryl methyl sites for hydroxylation is 1. The molecule has 4 heteroatoms. The maximum atomic E-state index is 12.2. The van der Waals surface area contributed by atoms with E-state index in [4.69, 9.17) is 4.74 Å². The standard InChI is InChI=1S/C22H19NO3/c1-3-26-22-19(20(24)21(22)25)17-13-23(18-11-7-6-10-16(17)18)12-15-9-5-4-8-14(15)2/h4-11,13H,3,12H2,1-2H3. The lowest BCUT2D eigenvalue weighted by Crippen LogP contribution is -2.34. The Kier molecular flexibility index (Phi) is 3.96. The highest BCUT2D eigenvalue weighted by Gasteiger charge is 2.26. The van der Waals surface area contributed by atoms with E-state index < -0.39 is 10.9 Å². The quantitative estimate of drug-likeness (QED) is 0.519. The normalized spacial score (nSPS) is 11.3. The van der Waals surface area contributed by atoms with Crippen molar-refractivity contribution in [3.63, 3.8) is 0 Å². The van der Waals surface area contributed by atoms with Gasteiger partial charge in [-0.05, 0) is 31.0 Å². The Balaban J connectivity index is 1.88. The molecule has 0 saturated carbocycles. The second kappa shape index (κ2) is 6.30. The van der Waals surface area contributed by atoms with E-state index in [0.717, 1.165) is 16.5 Å². The molecule has 1 heterocycles. The van der Waals surface area contributed by atoms with Gasteiger partial charge in [-0.3, -0.25) is 9.59 Å².